The predicted molar refractivity (Wildman–Crippen MR) is 71.7 cm³/mol. The molecule has 0 aliphatic heterocycles. The number of anilines is 1. The zero-order chi connectivity index (χ0) is 12.1. The van der Waals surface area contributed by atoms with Crippen LogP contribution in [0.3, 0.4) is 0 Å². The Hall–Kier alpha value is -0.830. The Morgan fingerprint density at radius 3 is 2.76 bits per heavy atom. The monoisotopic (exact) mass is 253 g/mol. The molecule has 1 aromatic rings. The Labute approximate surface area is 108 Å². The maximum atomic E-state index is 5.91. The highest BCUT2D eigenvalue weighted by molar-refractivity contribution is 6.18. The summed E-state index contributed by atoms with van der Waals surface area (Å²) in [5, 5.41) is 0. The molecular formula is C13H20ClN3. The van der Waals surface area contributed by atoms with Crippen LogP contribution in [0.25, 0.3) is 0 Å². The normalized spacial score (nSPS) is 17.1. The lowest BCUT2D eigenvalue weighted by molar-refractivity contribution is 0.414. The zero-order valence-electron chi connectivity index (χ0n) is 10.4. The Kier molecular flexibility index (Phi) is 4.60. The van der Waals surface area contributed by atoms with Crippen molar-refractivity contribution in [3.8, 4) is 0 Å². The summed E-state index contributed by atoms with van der Waals surface area (Å²) in [6, 6.07) is 2.51. The van der Waals surface area contributed by atoms with Crippen molar-refractivity contribution in [1.82, 2.24) is 9.97 Å². The van der Waals surface area contributed by atoms with Crippen LogP contribution in [0.2, 0.25) is 0 Å². The van der Waals surface area contributed by atoms with Gasteiger partial charge in [0.15, 0.2) is 0 Å². The molecule has 0 amide bonds. The van der Waals surface area contributed by atoms with Gasteiger partial charge < -0.3 is 4.90 Å². The molecule has 0 spiro atoms. The van der Waals surface area contributed by atoms with E-state index in [1.807, 2.05) is 19.2 Å². The highest BCUT2D eigenvalue weighted by Gasteiger charge is 2.22. The summed E-state index contributed by atoms with van der Waals surface area (Å²) in [5.74, 6) is 1.48. The second-order valence-electron chi connectivity index (χ2n) is 4.67. The molecule has 0 bridgehead atoms. The van der Waals surface area contributed by atoms with Gasteiger partial charge in [-0.2, -0.15) is 0 Å². The highest BCUT2D eigenvalue weighted by Crippen LogP contribution is 2.25. The van der Waals surface area contributed by atoms with Crippen molar-refractivity contribution in [3.05, 3.63) is 18.0 Å². The molecule has 2 rings (SSSR count). The topological polar surface area (TPSA) is 29.0 Å². The second-order valence-corrected chi connectivity index (χ2v) is 5.05. The third kappa shape index (κ3) is 3.32. The molecule has 3 nitrogen and oxygen atoms in total. The smallest absolute Gasteiger partial charge is 0.225 e. The summed E-state index contributed by atoms with van der Waals surface area (Å²) in [7, 11) is 0. The zero-order valence-corrected chi connectivity index (χ0v) is 11.2. The Morgan fingerprint density at radius 2 is 2.12 bits per heavy atom. The van der Waals surface area contributed by atoms with Crippen LogP contribution in [-0.4, -0.2) is 28.4 Å². The molecule has 1 saturated carbocycles. The number of hydrogen-bond donors (Lipinski definition) is 0. The number of nitrogens with zero attached hydrogens (tertiary/aromatic N) is 3. The lowest BCUT2D eigenvalue weighted by Gasteiger charge is -2.34. The summed E-state index contributed by atoms with van der Waals surface area (Å²) >= 11 is 5.91. The van der Waals surface area contributed by atoms with Crippen molar-refractivity contribution in [2.45, 2.75) is 45.1 Å². The molecule has 1 heterocycles. The molecule has 0 aromatic carbocycles. The fourth-order valence-corrected chi connectivity index (χ4v) is 2.69. The van der Waals surface area contributed by atoms with Gasteiger partial charge in [-0.1, -0.05) is 19.3 Å². The molecule has 0 radical (unpaired) electrons. The van der Waals surface area contributed by atoms with Gasteiger partial charge in [0.05, 0.1) is 0 Å². The van der Waals surface area contributed by atoms with Crippen molar-refractivity contribution in [2.24, 2.45) is 0 Å². The molecule has 1 aromatic heterocycles. The minimum absolute atomic E-state index is 0.573. The van der Waals surface area contributed by atoms with Gasteiger partial charge in [-0.15, -0.1) is 11.6 Å². The molecule has 0 N–H and O–H groups in total. The van der Waals surface area contributed by atoms with E-state index in [1.54, 1.807) is 0 Å². The summed E-state index contributed by atoms with van der Waals surface area (Å²) < 4.78 is 0. The van der Waals surface area contributed by atoms with Gasteiger partial charge in [-0.05, 0) is 25.8 Å². The van der Waals surface area contributed by atoms with Crippen molar-refractivity contribution in [2.75, 3.05) is 17.3 Å². The lowest BCUT2D eigenvalue weighted by Crippen LogP contribution is -2.39. The maximum Gasteiger partial charge on any atom is 0.225 e. The van der Waals surface area contributed by atoms with Crippen molar-refractivity contribution in [3.63, 3.8) is 0 Å². The summed E-state index contributed by atoms with van der Waals surface area (Å²) in [6.07, 6.45) is 8.31. The van der Waals surface area contributed by atoms with E-state index in [2.05, 4.69) is 14.9 Å². The van der Waals surface area contributed by atoms with E-state index in [-0.39, 0.29) is 0 Å². The van der Waals surface area contributed by atoms with Crippen molar-refractivity contribution in [1.29, 1.82) is 0 Å². The number of halogens is 1. The van der Waals surface area contributed by atoms with E-state index < -0.39 is 0 Å². The highest BCUT2D eigenvalue weighted by atomic mass is 35.5. The minimum atomic E-state index is 0.573. The SMILES string of the molecule is Cc1ccnc(N(CCCl)C2CCCCC2)n1. The van der Waals surface area contributed by atoms with Gasteiger partial charge in [0.2, 0.25) is 5.95 Å². The van der Waals surface area contributed by atoms with Gasteiger partial charge in [-0.3, -0.25) is 0 Å². The largest absolute Gasteiger partial charge is 0.337 e. The molecular weight excluding hydrogens is 234 g/mol. The van der Waals surface area contributed by atoms with Gasteiger partial charge in [-0.25, -0.2) is 9.97 Å². The third-order valence-corrected chi connectivity index (χ3v) is 3.55. The Bertz CT molecular complexity index is 350. The van der Waals surface area contributed by atoms with Crippen molar-refractivity contribution < 1.29 is 0 Å². The Balaban J connectivity index is 2.15. The predicted octanol–water partition coefficient (Wildman–Crippen LogP) is 3.16. The first-order valence-corrected chi connectivity index (χ1v) is 6.97. The van der Waals surface area contributed by atoms with E-state index >= 15 is 0 Å². The molecule has 1 aliphatic carbocycles. The van der Waals surface area contributed by atoms with E-state index in [9.17, 15) is 0 Å². The number of alkyl halides is 1. The molecule has 4 heteroatoms. The van der Waals surface area contributed by atoms with Crippen LogP contribution in [0.5, 0.6) is 0 Å². The first-order chi connectivity index (χ1) is 8.31. The first kappa shape index (κ1) is 12.6. The van der Waals surface area contributed by atoms with E-state index in [1.165, 1.54) is 32.1 Å². The van der Waals surface area contributed by atoms with Crippen LogP contribution < -0.4 is 4.90 Å². The standard InChI is InChI=1S/C13H20ClN3/c1-11-7-9-15-13(16-11)17(10-8-14)12-5-3-2-4-6-12/h7,9,12H,2-6,8,10H2,1H3. The molecule has 0 saturated heterocycles. The molecule has 0 unspecified atom stereocenters. The fraction of sp³-hybridized carbons (Fsp3) is 0.692. The minimum Gasteiger partial charge on any atom is -0.337 e. The quantitative estimate of drug-likeness (QED) is 0.772. The van der Waals surface area contributed by atoms with Gasteiger partial charge in [0.1, 0.15) is 0 Å². The van der Waals surface area contributed by atoms with Crippen LogP contribution in [-0.2, 0) is 0 Å². The van der Waals surface area contributed by atoms with E-state index in [0.29, 0.717) is 11.9 Å². The molecule has 17 heavy (non-hydrogen) atoms. The Morgan fingerprint density at radius 1 is 1.35 bits per heavy atom. The number of aryl methyl sites for hydroxylation is 1. The number of rotatable bonds is 4. The van der Waals surface area contributed by atoms with Gasteiger partial charge in [0, 0.05) is 30.4 Å². The lowest BCUT2D eigenvalue weighted by atomic mass is 9.94. The summed E-state index contributed by atoms with van der Waals surface area (Å²) in [6.45, 7) is 2.85. The van der Waals surface area contributed by atoms with Gasteiger partial charge in [0.25, 0.3) is 0 Å². The summed E-state index contributed by atoms with van der Waals surface area (Å²) in [5.41, 5.74) is 1.02. The van der Waals surface area contributed by atoms with Gasteiger partial charge >= 0.3 is 0 Å². The summed E-state index contributed by atoms with van der Waals surface area (Å²) in [4.78, 5) is 11.2. The van der Waals surface area contributed by atoms with Crippen LogP contribution in [0.15, 0.2) is 12.3 Å². The molecule has 1 aliphatic rings. The second kappa shape index (κ2) is 6.20. The van der Waals surface area contributed by atoms with E-state index in [0.717, 1.165) is 18.2 Å². The van der Waals surface area contributed by atoms with Crippen LogP contribution in [0.1, 0.15) is 37.8 Å². The fourth-order valence-electron chi connectivity index (χ4n) is 2.50. The number of hydrogen-bond acceptors (Lipinski definition) is 3. The molecule has 1 fully saturated rings. The first-order valence-electron chi connectivity index (χ1n) is 6.43. The van der Waals surface area contributed by atoms with Crippen molar-refractivity contribution >= 4 is 17.5 Å². The molecule has 94 valence electrons. The van der Waals surface area contributed by atoms with E-state index in [4.69, 9.17) is 11.6 Å². The average Bonchev–Trinajstić information content (AvgIpc) is 2.37. The van der Waals surface area contributed by atoms with Crippen LogP contribution in [0, 0.1) is 6.92 Å². The van der Waals surface area contributed by atoms with Crippen LogP contribution in [0.4, 0.5) is 5.95 Å². The third-order valence-electron chi connectivity index (χ3n) is 3.38. The van der Waals surface area contributed by atoms with Crippen LogP contribution >= 0.6 is 11.6 Å². The maximum absolute atomic E-state index is 5.91. The number of aromatic nitrogens is 2. The molecule has 0 atom stereocenters. The average molecular weight is 254 g/mol.